The van der Waals surface area contributed by atoms with E-state index in [1.807, 2.05) is 0 Å². The molecule has 0 spiro atoms. The van der Waals surface area contributed by atoms with Gasteiger partial charge in [-0.25, -0.2) is 0 Å². The minimum atomic E-state index is -4.30. The first-order chi connectivity index (χ1) is 7.55. The van der Waals surface area contributed by atoms with Crippen molar-refractivity contribution >= 4 is 0 Å². The molecule has 0 radical (unpaired) electrons. The van der Waals surface area contributed by atoms with Gasteiger partial charge in [0.1, 0.15) is 0 Å². The van der Waals surface area contributed by atoms with Crippen molar-refractivity contribution in [3.8, 4) is 0 Å². The van der Waals surface area contributed by atoms with Gasteiger partial charge in [0.25, 0.3) is 0 Å². The van der Waals surface area contributed by atoms with Crippen LogP contribution in [0, 0.1) is 0 Å². The van der Waals surface area contributed by atoms with E-state index in [1.165, 1.54) is 12.1 Å². The Labute approximate surface area is 92.1 Å². The summed E-state index contributed by atoms with van der Waals surface area (Å²) in [4.78, 5) is 0. The lowest BCUT2D eigenvalue weighted by Gasteiger charge is -2.12. The van der Waals surface area contributed by atoms with Crippen LogP contribution in [0.4, 0.5) is 13.2 Å². The molecule has 0 heterocycles. The van der Waals surface area contributed by atoms with Crippen molar-refractivity contribution in [1.29, 1.82) is 0 Å². The first kappa shape index (κ1) is 13.0. The van der Waals surface area contributed by atoms with E-state index < -0.39 is 11.7 Å². The maximum atomic E-state index is 12.6. The molecule has 16 heavy (non-hydrogen) atoms. The summed E-state index contributed by atoms with van der Waals surface area (Å²) in [6.07, 6.45) is -4.00. The fourth-order valence-electron chi connectivity index (χ4n) is 1.44. The van der Waals surface area contributed by atoms with Gasteiger partial charge in [0, 0.05) is 6.54 Å². The zero-order chi connectivity index (χ0) is 12.0. The van der Waals surface area contributed by atoms with E-state index in [0.29, 0.717) is 19.5 Å². The molecule has 5 heteroatoms. The van der Waals surface area contributed by atoms with E-state index >= 15 is 0 Å². The Hall–Kier alpha value is -1.07. The third-order valence-electron chi connectivity index (χ3n) is 2.18. The number of aliphatic hydroxyl groups is 1. The van der Waals surface area contributed by atoms with Crippen molar-refractivity contribution in [2.75, 3.05) is 19.7 Å². The molecule has 2 N–H and O–H groups in total. The Balaban J connectivity index is 2.65. The summed E-state index contributed by atoms with van der Waals surface area (Å²) in [7, 11) is 0. The predicted octanol–water partition coefficient (Wildman–Crippen LogP) is 1.83. The Kier molecular flexibility index (Phi) is 4.76. The van der Waals surface area contributed by atoms with Crippen LogP contribution in [-0.2, 0) is 12.6 Å². The highest BCUT2D eigenvalue weighted by Gasteiger charge is 2.32. The summed E-state index contributed by atoms with van der Waals surface area (Å²) in [6.45, 7) is 0.808. The van der Waals surface area contributed by atoms with Crippen LogP contribution >= 0.6 is 0 Å². The topological polar surface area (TPSA) is 32.3 Å². The van der Waals surface area contributed by atoms with Gasteiger partial charge in [-0.15, -0.1) is 0 Å². The summed E-state index contributed by atoms with van der Waals surface area (Å²) in [5, 5.41) is 11.3. The maximum absolute atomic E-state index is 12.6. The molecule has 1 aromatic carbocycles. The lowest BCUT2D eigenvalue weighted by Crippen LogP contribution is -2.22. The van der Waals surface area contributed by atoms with Crippen molar-refractivity contribution in [2.45, 2.75) is 12.6 Å². The lowest BCUT2D eigenvalue weighted by molar-refractivity contribution is -0.138. The average Bonchev–Trinajstić information content (AvgIpc) is 2.24. The number of halogens is 3. The normalized spacial score (nSPS) is 11.8. The zero-order valence-electron chi connectivity index (χ0n) is 8.72. The van der Waals surface area contributed by atoms with Crippen LogP contribution in [0.1, 0.15) is 11.1 Å². The van der Waals surface area contributed by atoms with E-state index in [4.69, 9.17) is 5.11 Å². The standard InChI is InChI=1S/C11H14F3NO/c12-11(13,14)10-4-2-1-3-9(10)5-6-15-7-8-16/h1-4,15-16H,5-8H2. The molecule has 1 aromatic rings. The number of hydrogen-bond donors (Lipinski definition) is 2. The van der Waals surface area contributed by atoms with Gasteiger partial charge >= 0.3 is 6.18 Å². The molecule has 90 valence electrons. The number of alkyl halides is 3. The van der Waals surface area contributed by atoms with E-state index in [1.54, 1.807) is 6.07 Å². The molecule has 0 amide bonds. The zero-order valence-corrected chi connectivity index (χ0v) is 8.72. The summed E-state index contributed by atoms with van der Waals surface area (Å²) < 4.78 is 37.7. The molecular formula is C11H14F3NO. The first-order valence-corrected chi connectivity index (χ1v) is 5.02. The molecule has 0 bridgehead atoms. The third-order valence-corrected chi connectivity index (χ3v) is 2.18. The second kappa shape index (κ2) is 5.86. The van der Waals surface area contributed by atoms with Crippen molar-refractivity contribution in [2.24, 2.45) is 0 Å². The molecule has 0 unspecified atom stereocenters. The largest absolute Gasteiger partial charge is 0.416 e. The molecule has 0 aliphatic carbocycles. The van der Waals surface area contributed by atoms with Crippen LogP contribution in [0.2, 0.25) is 0 Å². The van der Waals surface area contributed by atoms with Crippen molar-refractivity contribution in [3.63, 3.8) is 0 Å². The highest BCUT2D eigenvalue weighted by molar-refractivity contribution is 5.29. The van der Waals surface area contributed by atoms with Crippen LogP contribution in [-0.4, -0.2) is 24.8 Å². The highest BCUT2D eigenvalue weighted by atomic mass is 19.4. The van der Waals surface area contributed by atoms with Crippen LogP contribution < -0.4 is 5.32 Å². The molecule has 0 atom stereocenters. The molecule has 0 saturated heterocycles. The molecule has 0 saturated carbocycles. The number of benzene rings is 1. The number of rotatable bonds is 5. The highest BCUT2D eigenvalue weighted by Crippen LogP contribution is 2.31. The summed E-state index contributed by atoms with van der Waals surface area (Å²) in [5.74, 6) is 0. The van der Waals surface area contributed by atoms with Crippen molar-refractivity contribution in [3.05, 3.63) is 35.4 Å². The Morgan fingerprint density at radius 3 is 2.44 bits per heavy atom. The van der Waals surface area contributed by atoms with E-state index in [2.05, 4.69) is 5.32 Å². The molecule has 2 nitrogen and oxygen atoms in total. The van der Waals surface area contributed by atoms with Gasteiger partial charge < -0.3 is 10.4 Å². The van der Waals surface area contributed by atoms with Crippen LogP contribution in [0.5, 0.6) is 0 Å². The number of nitrogens with one attached hydrogen (secondary N) is 1. The predicted molar refractivity (Wildman–Crippen MR) is 55.1 cm³/mol. The SMILES string of the molecule is OCCNCCc1ccccc1C(F)(F)F. The van der Waals surface area contributed by atoms with E-state index in [0.717, 1.165) is 6.07 Å². The second-order valence-electron chi connectivity index (χ2n) is 3.38. The Bertz CT molecular complexity index is 325. The molecular weight excluding hydrogens is 219 g/mol. The van der Waals surface area contributed by atoms with Gasteiger partial charge in [-0.2, -0.15) is 13.2 Å². The fourth-order valence-corrected chi connectivity index (χ4v) is 1.44. The smallest absolute Gasteiger partial charge is 0.395 e. The third kappa shape index (κ3) is 3.83. The lowest BCUT2D eigenvalue weighted by atomic mass is 10.0. The van der Waals surface area contributed by atoms with Gasteiger partial charge in [-0.05, 0) is 24.6 Å². The minimum absolute atomic E-state index is 0.0130. The van der Waals surface area contributed by atoms with E-state index in [9.17, 15) is 13.2 Å². The summed E-state index contributed by atoms with van der Waals surface area (Å²) in [5.41, 5.74) is -0.304. The van der Waals surface area contributed by atoms with Crippen molar-refractivity contribution < 1.29 is 18.3 Å². The van der Waals surface area contributed by atoms with Gasteiger partial charge in [-0.1, -0.05) is 18.2 Å². The Morgan fingerprint density at radius 1 is 1.12 bits per heavy atom. The summed E-state index contributed by atoms with van der Waals surface area (Å²) >= 11 is 0. The average molecular weight is 233 g/mol. The number of aliphatic hydroxyl groups excluding tert-OH is 1. The molecule has 0 fully saturated rings. The molecule has 0 aliphatic rings. The molecule has 1 rings (SSSR count). The maximum Gasteiger partial charge on any atom is 0.416 e. The number of hydrogen-bond acceptors (Lipinski definition) is 2. The van der Waals surface area contributed by atoms with Crippen molar-refractivity contribution in [1.82, 2.24) is 5.32 Å². The fraction of sp³-hybridized carbons (Fsp3) is 0.455. The van der Waals surface area contributed by atoms with Crippen LogP contribution in [0.25, 0.3) is 0 Å². The molecule has 0 aliphatic heterocycles. The van der Waals surface area contributed by atoms with Gasteiger partial charge in [0.05, 0.1) is 12.2 Å². The second-order valence-corrected chi connectivity index (χ2v) is 3.38. The van der Waals surface area contributed by atoms with Crippen LogP contribution in [0.15, 0.2) is 24.3 Å². The monoisotopic (exact) mass is 233 g/mol. The van der Waals surface area contributed by atoms with Crippen LogP contribution in [0.3, 0.4) is 0 Å². The van der Waals surface area contributed by atoms with E-state index in [-0.39, 0.29) is 12.2 Å². The van der Waals surface area contributed by atoms with Gasteiger partial charge in [-0.3, -0.25) is 0 Å². The van der Waals surface area contributed by atoms with Gasteiger partial charge in [0.2, 0.25) is 0 Å². The quantitative estimate of drug-likeness (QED) is 0.760. The molecule has 0 aromatic heterocycles. The van der Waals surface area contributed by atoms with Gasteiger partial charge in [0.15, 0.2) is 0 Å². The Morgan fingerprint density at radius 2 is 1.81 bits per heavy atom. The summed E-state index contributed by atoms with van der Waals surface area (Å²) in [6, 6.07) is 5.54. The first-order valence-electron chi connectivity index (χ1n) is 5.02. The minimum Gasteiger partial charge on any atom is -0.395 e.